The van der Waals surface area contributed by atoms with Crippen LogP contribution in [0.5, 0.6) is 0 Å². The van der Waals surface area contributed by atoms with Gasteiger partial charge in [0.25, 0.3) is 0 Å². The average molecular weight is 304 g/mol. The molecule has 0 saturated heterocycles. The summed E-state index contributed by atoms with van der Waals surface area (Å²) in [5.74, 6) is -1.77. The van der Waals surface area contributed by atoms with Crippen LogP contribution >= 0.6 is 12.2 Å². The molecule has 0 heterocycles. The van der Waals surface area contributed by atoms with Crippen LogP contribution in [0.2, 0.25) is 0 Å². The summed E-state index contributed by atoms with van der Waals surface area (Å²) in [6, 6.07) is 9.34. The van der Waals surface area contributed by atoms with Crippen molar-refractivity contribution in [3.63, 3.8) is 0 Å². The summed E-state index contributed by atoms with van der Waals surface area (Å²) in [4.78, 5) is 1.23. The van der Waals surface area contributed by atoms with Crippen LogP contribution in [0, 0.1) is 5.92 Å². The topological polar surface area (TPSA) is 29.3 Å². The summed E-state index contributed by atoms with van der Waals surface area (Å²) in [6.45, 7) is 3.94. The highest BCUT2D eigenvalue weighted by atomic mass is 32.1. The maximum atomic E-state index is 12.9. The van der Waals surface area contributed by atoms with Crippen molar-refractivity contribution in [2.75, 3.05) is 6.54 Å². The van der Waals surface area contributed by atoms with Crippen molar-refractivity contribution < 1.29 is 13.2 Å². The van der Waals surface area contributed by atoms with Crippen molar-refractivity contribution in [2.45, 2.75) is 32.6 Å². The van der Waals surface area contributed by atoms with Gasteiger partial charge in [-0.25, -0.2) is 0 Å². The van der Waals surface area contributed by atoms with Crippen molar-refractivity contribution in [3.8, 4) is 0 Å². The number of hydrogen-bond donors (Lipinski definition) is 1. The number of rotatable bonds is 6. The van der Waals surface area contributed by atoms with Crippen LogP contribution in [-0.4, -0.2) is 28.7 Å². The van der Waals surface area contributed by atoms with Crippen molar-refractivity contribution in [3.05, 3.63) is 35.9 Å². The molecular formula is C14H19F3N2S. The molecule has 6 heteroatoms. The van der Waals surface area contributed by atoms with Crippen LogP contribution in [0.1, 0.15) is 19.4 Å². The Labute approximate surface area is 122 Å². The summed E-state index contributed by atoms with van der Waals surface area (Å²) in [6.07, 6.45) is -4.41. The van der Waals surface area contributed by atoms with Crippen LogP contribution in [0.15, 0.2) is 30.3 Å². The minimum atomic E-state index is -4.41. The monoisotopic (exact) mass is 304 g/mol. The molecule has 2 N–H and O–H groups in total. The van der Waals surface area contributed by atoms with E-state index in [0.717, 1.165) is 5.56 Å². The van der Waals surface area contributed by atoms with Crippen LogP contribution < -0.4 is 5.73 Å². The fourth-order valence-corrected chi connectivity index (χ4v) is 2.07. The van der Waals surface area contributed by atoms with Gasteiger partial charge < -0.3 is 5.73 Å². The molecule has 0 bridgehead atoms. The summed E-state index contributed by atoms with van der Waals surface area (Å²) >= 11 is 4.57. The number of halogens is 3. The molecule has 0 aromatic heterocycles. The van der Waals surface area contributed by atoms with E-state index >= 15 is 0 Å². The molecule has 0 radical (unpaired) electrons. The summed E-state index contributed by atoms with van der Waals surface area (Å²) in [5.41, 5.74) is 6.21. The van der Waals surface area contributed by atoms with E-state index in [4.69, 9.17) is 5.73 Å². The zero-order valence-electron chi connectivity index (χ0n) is 11.5. The van der Waals surface area contributed by atoms with Crippen molar-refractivity contribution in [1.29, 1.82) is 0 Å². The van der Waals surface area contributed by atoms with Gasteiger partial charge in [-0.05, 0) is 19.4 Å². The molecule has 1 rings (SSSR count). The third-order valence-electron chi connectivity index (χ3n) is 3.11. The summed E-state index contributed by atoms with van der Waals surface area (Å²) < 4.78 is 38.8. The molecule has 0 aliphatic rings. The van der Waals surface area contributed by atoms with E-state index in [0.29, 0.717) is 6.54 Å². The van der Waals surface area contributed by atoms with Gasteiger partial charge in [0.05, 0.1) is 4.99 Å². The second kappa shape index (κ2) is 7.04. The Bertz CT molecular complexity index is 432. The Morgan fingerprint density at radius 2 is 1.80 bits per heavy atom. The molecule has 112 valence electrons. The van der Waals surface area contributed by atoms with Gasteiger partial charge in [-0.1, -0.05) is 42.5 Å². The molecule has 1 atom stereocenters. The van der Waals surface area contributed by atoms with Crippen molar-refractivity contribution >= 4 is 17.2 Å². The average Bonchev–Trinajstić information content (AvgIpc) is 2.33. The first-order valence-electron chi connectivity index (χ1n) is 6.35. The molecule has 0 aliphatic carbocycles. The first-order chi connectivity index (χ1) is 9.21. The zero-order valence-corrected chi connectivity index (χ0v) is 12.3. The van der Waals surface area contributed by atoms with E-state index in [1.807, 2.05) is 44.2 Å². The highest BCUT2D eigenvalue weighted by Crippen LogP contribution is 2.28. The lowest BCUT2D eigenvalue weighted by Crippen LogP contribution is -2.45. The van der Waals surface area contributed by atoms with Gasteiger partial charge in [0.15, 0.2) is 0 Å². The Morgan fingerprint density at radius 3 is 2.20 bits per heavy atom. The predicted octanol–water partition coefficient (Wildman–Crippen LogP) is 3.36. The van der Waals surface area contributed by atoms with Gasteiger partial charge in [-0.3, -0.25) is 4.90 Å². The standard InChI is InChI=1S/C14H19F3N2S/c1-10(2)19(8-11-6-4-3-5-7-11)9-12(13(18)20)14(15,16)17/h3-7,10,12H,8-9H2,1-2H3,(H2,18,20). The number of hydrogen-bond acceptors (Lipinski definition) is 2. The largest absolute Gasteiger partial charge is 0.399 e. The lowest BCUT2D eigenvalue weighted by Gasteiger charge is -2.31. The Morgan fingerprint density at radius 1 is 1.25 bits per heavy atom. The van der Waals surface area contributed by atoms with Gasteiger partial charge in [-0.15, -0.1) is 0 Å². The van der Waals surface area contributed by atoms with Crippen LogP contribution in [0.4, 0.5) is 13.2 Å². The van der Waals surface area contributed by atoms with Crippen molar-refractivity contribution in [2.24, 2.45) is 11.7 Å². The molecule has 0 spiro atoms. The van der Waals surface area contributed by atoms with Crippen LogP contribution in [-0.2, 0) is 6.54 Å². The summed E-state index contributed by atoms with van der Waals surface area (Å²) in [5, 5.41) is 0. The SMILES string of the molecule is CC(C)N(Cc1ccccc1)CC(C(N)=S)C(F)(F)F. The number of benzene rings is 1. The lowest BCUT2D eigenvalue weighted by molar-refractivity contribution is -0.160. The van der Waals surface area contributed by atoms with E-state index in [-0.39, 0.29) is 12.6 Å². The van der Waals surface area contributed by atoms with Gasteiger partial charge in [0, 0.05) is 19.1 Å². The third-order valence-corrected chi connectivity index (χ3v) is 3.40. The van der Waals surface area contributed by atoms with E-state index in [2.05, 4.69) is 12.2 Å². The fourth-order valence-electron chi connectivity index (χ4n) is 1.87. The highest BCUT2D eigenvalue weighted by Gasteiger charge is 2.42. The molecule has 20 heavy (non-hydrogen) atoms. The van der Waals surface area contributed by atoms with E-state index in [1.165, 1.54) is 0 Å². The lowest BCUT2D eigenvalue weighted by atomic mass is 10.1. The third kappa shape index (κ3) is 5.09. The first kappa shape index (κ1) is 16.9. The molecule has 0 aliphatic heterocycles. The Balaban J connectivity index is 2.84. The van der Waals surface area contributed by atoms with E-state index in [1.54, 1.807) is 4.90 Å². The molecule has 0 fully saturated rings. The molecule has 1 unspecified atom stereocenters. The van der Waals surface area contributed by atoms with Gasteiger partial charge in [0.1, 0.15) is 5.92 Å². The minimum Gasteiger partial charge on any atom is -0.393 e. The summed E-state index contributed by atoms with van der Waals surface area (Å²) in [7, 11) is 0. The normalized spacial score (nSPS) is 13.8. The Kier molecular flexibility index (Phi) is 5.95. The maximum Gasteiger partial charge on any atom is 0.399 e. The molecule has 0 amide bonds. The zero-order chi connectivity index (χ0) is 15.3. The number of nitrogens with zero attached hydrogens (tertiary/aromatic N) is 1. The van der Waals surface area contributed by atoms with Crippen LogP contribution in [0.3, 0.4) is 0 Å². The van der Waals surface area contributed by atoms with Gasteiger partial charge in [0.2, 0.25) is 0 Å². The molecule has 1 aromatic carbocycles. The Hall–Kier alpha value is -1.14. The highest BCUT2D eigenvalue weighted by molar-refractivity contribution is 7.80. The maximum absolute atomic E-state index is 12.9. The molecule has 1 aromatic rings. The van der Waals surface area contributed by atoms with E-state index in [9.17, 15) is 13.2 Å². The van der Waals surface area contributed by atoms with Gasteiger partial charge in [-0.2, -0.15) is 13.2 Å². The molecule has 2 nitrogen and oxygen atoms in total. The van der Waals surface area contributed by atoms with E-state index < -0.39 is 17.1 Å². The van der Waals surface area contributed by atoms with Crippen LogP contribution in [0.25, 0.3) is 0 Å². The van der Waals surface area contributed by atoms with Gasteiger partial charge >= 0.3 is 6.18 Å². The fraction of sp³-hybridized carbons (Fsp3) is 0.500. The minimum absolute atomic E-state index is 0.0330. The number of thiocarbonyl (C=S) groups is 1. The van der Waals surface area contributed by atoms with Crippen molar-refractivity contribution in [1.82, 2.24) is 4.90 Å². The second-order valence-electron chi connectivity index (χ2n) is 5.01. The quantitative estimate of drug-likeness (QED) is 0.817. The molecule has 0 saturated carbocycles. The molecular weight excluding hydrogens is 285 g/mol. The predicted molar refractivity (Wildman–Crippen MR) is 78.3 cm³/mol. The second-order valence-corrected chi connectivity index (χ2v) is 5.48. The number of alkyl halides is 3. The number of nitrogens with two attached hydrogens (primary N) is 1. The first-order valence-corrected chi connectivity index (χ1v) is 6.76. The smallest absolute Gasteiger partial charge is 0.393 e.